The Bertz CT molecular complexity index is 433. The van der Waals surface area contributed by atoms with Crippen LogP contribution in [0.3, 0.4) is 0 Å². The van der Waals surface area contributed by atoms with E-state index in [-0.39, 0.29) is 5.71 Å². The Kier molecular flexibility index (Phi) is 5.80. The minimum Gasteiger partial charge on any atom is -0.411 e. The number of oxime groups is 1. The molecule has 1 N–H and O–H groups in total. The second-order valence-electron chi connectivity index (χ2n) is 3.80. The number of hydrogen-bond acceptors (Lipinski definition) is 3. The molecule has 1 aromatic rings. The van der Waals surface area contributed by atoms with Gasteiger partial charge in [-0.25, -0.2) is 4.39 Å². The molecule has 0 spiro atoms. The normalized spacial score (nSPS) is 11.6. The van der Waals surface area contributed by atoms with Crippen molar-refractivity contribution in [3.05, 3.63) is 61.0 Å². The van der Waals surface area contributed by atoms with Crippen LogP contribution in [0, 0.1) is 5.82 Å². The van der Waals surface area contributed by atoms with Crippen LogP contribution in [0.4, 0.5) is 4.39 Å². The van der Waals surface area contributed by atoms with E-state index in [0.717, 1.165) is 0 Å². The number of benzene rings is 1. The largest absolute Gasteiger partial charge is 0.411 e. The summed E-state index contributed by atoms with van der Waals surface area (Å²) in [6.07, 6.45) is 3.47. The van der Waals surface area contributed by atoms with Gasteiger partial charge in [-0.1, -0.05) is 35.5 Å². The average Bonchev–Trinajstić information content (AvgIpc) is 2.37. The maximum Gasteiger partial charge on any atom is 0.132 e. The van der Waals surface area contributed by atoms with E-state index in [0.29, 0.717) is 25.2 Å². The molecule has 96 valence electrons. The third-order valence-corrected chi connectivity index (χ3v) is 2.45. The van der Waals surface area contributed by atoms with Crippen molar-refractivity contribution >= 4 is 5.71 Å². The molecule has 0 fully saturated rings. The molecular weight excluding hydrogens is 231 g/mol. The number of halogens is 1. The monoisotopic (exact) mass is 248 g/mol. The zero-order valence-corrected chi connectivity index (χ0v) is 10.2. The van der Waals surface area contributed by atoms with Crippen molar-refractivity contribution in [1.82, 2.24) is 4.90 Å². The van der Waals surface area contributed by atoms with Gasteiger partial charge in [-0.2, -0.15) is 0 Å². The molecule has 0 saturated heterocycles. The third-order valence-electron chi connectivity index (χ3n) is 2.45. The number of rotatable bonds is 7. The summed E-state index contributed by atoms with van der Waals surface area (Å²) in [6.45, 7) is 8.86. The van der Waals surface area contributed by atoms with Gasteiger partial charge in [0.2, 0.25) is 0 Å². The van der Waals surface area contributed by atoms with E-state index in [1.54, 1.807) is 30.4 Å². The van der Waals surface area contributed by atoms with Crippen molar-refractivity contribution in [2.24, 2.45) is 5.16 Å². The lowest BCUT2D eigenvalue weighted by Crippen LogP contribution is -2.31. The van der Waals surface area contributed by atoms with E-state index in [2.05, 4.69) is 18.3 Å². The Balaban J connectivity index is 2.87. The molecule has 0 bridgehead atoms. The fourth-order valence-corrected chi connectivity index (χ4v) is 1.65. The molecule has 0 aromatic heterocycles. The standard InChI is InChI=1S/C14H17FN2O/c1-3-9-17(10-4-2)11-14(16-18)12-7-5-6-8-13(12)15/h3-8,18H,1-2,9-11H2. The first-order chi connectivity index (χ1) is 8.72. The lowest BCUT2D eigenvalue weighted by molar-refractivity contribution is 0.310. The van der Waals surface area contributed by atoms with Gasteiger partial charge >= 0.3 is 0 Å². The zero-order chi connectivity index (χ0) is 13.4. The lowest BCUT2D eigenvalue weighted by Gasteiger charge is -2.19. The summed E-state index contributed by atoms with van der Waals surface area (Å²) < 4.78 is 13.6. The Labute approximate surface area is 107 Å². The van der Waals surface area contributed by atoms with E-state index < -0.39 is 5.82 Å². The highest BCUT2D eigenvalue weighted by Crippen LogP contribution is 2.09. The summed E-state index contributed by atoms with van der Waals surface area (Å²) in [5.41, 5.74) is 0.593. The van der Waals surface area contributed by atoms with Crippen LogP contribution in [0.15, 0.2) is 54.7 Å². The lowest BCUT2D eigenvalue weighted by atomic mass is 10.1. The molecule has 0 amide bonds. The average molecular weight is 248 g/mol. The Morgan fingerprint density at radius 3 is 2.39 bits per heavy atom. The van der Waals surface area contributed by atoms with Crippen LogP contribution in [0.2, 0.25) is 0 Å². The molecule has 0 aliphatic carbocycles. The van der Waals surface area contributed by atoms with Gasteiger partial charge in [-0.15, -0.1) is 13.2 Å². The summed E-state index contributed by atoms with van der Waals surface area (Å²) in [5, 5.41) is 12.2. The van der Waals surface area contributed by atoms with Crippen LogP contribution in [0.5, 0.6) is 0 Å². The van der Waals surface area contributed by atoms with Crippen LogP contribution >= 0.6 is 0 Å². The molecule has 4 heteroatoms. The summed E-state index contributed by atoms with van der Waals surface area (Å²) >= 11 is 0. The van der Waals surface area contributed by atoms with E-state index in [9.17, 15) is 4.39 Å². The summed E-state index contributed by atoms with van der Waals surface area (Å²) in [7, 11) is 0. The zero-order valence-electron chi connectivity index (χ0n) is 10.2. The summed E-state index contributed by atoms with van der Waals surface area (Å²) in [6, 6.07) is 6.23. The third kappa shape index (κ3) is 3.82. The fraction of sp³-hybridized carbons (Fsp3) is 0.214. The predicted octanol–water partition coefficient (Wildman–Crippen LogP) is 2.68. The summed E-state index contributed by atoms with van der Waals surface area (Å²) in [4.78, 5) is 1.93. The van der Waals surface area contributed by atoms with Gasteiger partial charge in [0.15, 0.2) is 0 Å². The van der Waals surface area contributed by atoms with Crippen molar-refractivity contribution in [3.63, 3.8) is 0 Å². The van der Waals surface area contributed by atoms with Gasteiger partial charge in [0.1, 0.15) is 11.5 Å². The van der Waals surface area contributed by atoms with Crippen LogP contribution in [-0.2, 0) is 0 Å². The minimum atomic E-state index is -0.401. The van der Waals surface area contributed by atoms with Gasteiger partial charge < -0.3 is 5.21 Å². The maximum atomic E-state index is 13.6. The van der Waals surface area contributed by atoms with Crippen molar-refractivity contribution in [1.29, 1.82) is 0 Å². The van der Waals surface area contributed by atoms with Crippen LogP contribution in [0.25, 0.3) is 0 Å². The molecule has 3 nitrogen and oxygen atoms in total. The Morgan fingerprint density at radius 1 is 1.28 bits per heavy atom. The van der Waals surface area contributed by atoms with Gasteiger partial charge in [-0.05, 0) is 6.07 Å². The molecule has 0 aliphatic rings. The van der Waals surface area contributed by atoms with Crippen LogP contribution in [-0.4, -0.2) is 35.5 Å². The molecule has 1 aromatic carbocycles. The van der Waals surface area contributed by atoms with E-state index in [1.807, 2.05) is 4.90 Å². The fourth-order valence-electron chi connectivity index (χ4n) is 1.65. The first kappa shape index (κ1) is 14.1. The van der Waals surface area contributed by atoms with E-state index in [1.165, 1.54) is 6.07 Å². The number of hydrogen-bond donors (Lipinski definition) is 1. The first-order valence-electron chi connectivity index (χ1n) is 5.63. The Morgan fingerprint density at radius 2 is 1.89 bits per heavy atom. The van der Waals surface area contributed by atoms with Crippen LogP contribution < -0.4 is 0 Å². The second kappa shape index (κ2) is 7.40. The molecule has 1 rings (SSSR count). The van der Waals surface area contributed by atoms with E-state index >= 15 is 0 Å². The van der Waals surface area contributed by atoms with Gasteiger partial charge in [0.05, 0.1) is 0 Å². The van der Waals surface area contributed by atoms with Crippen molar-refractivity contribution < 1.29 is 9.60 Å². The van der Waals surface area contributed by atoms with Gasteiger partial charge in [-0.3, -0.25) is 4.90 Å². The summed E-state index contributed by atoms with van der Waals surface area (Å²) in [5.74, 6) is -0.401. The highest BCUT2D eigenvalue weighted by Gasteiger charge is 2.13. The highest BCUT2D eigenvalue weighted by atomic mass is 19.1. The molecule has 0 heterocycles. The topological polar surface area (TPSA) is 35.8 Å². The molecule has 0 radical (unpaired) electrons. The minimum absolute atomic E-state index is 0.289. The van der Waals surface area contributed by atoms with E-state index in [4.69, 9.17) is 5.21 Å². The quantitative estimate of drug-likeness (QED) is 0.348. The highest BCUT2D eigenvalue weighted by molar-refractivity contribution is 6.01. The van der Waals surface area contributed by atoms with Crippen molar-refractivity contribution in [2.75, 3.05) is 19.6 Å². The van der Waals surface area contributed by atoms with Crippen molar-refractivity contribution in [3.8, 4) is 0 Å². The van der Waals surface area contributed by atoms with Gasteiger partial charge in [0.25, 0.3) is 0 Å². The Hall–Kier alpha value is -1.94. The van der Waals surface area contributed by atoms with Crippen LogP contribution in [0.1, 0.15) is 5.56 Å². The smallest absolute Gasteiger partial charge is 0.132 e. The predicted molar refractivity (Wildman–Crippen MR) is 71.6 cm³/mol. The first-order valence-corrected chi connectivity index (χ1v) is 5.63. The van der Waals surface area contributed by atoms with Gasteiger partial charge in [0, 0.05) is 25.2 Å². The molecule has 0 unspecified atom stereocenters. The molecule has 0 aliphatic heterocycles. The van der Waals surface area contributed by atoms with Crippen molar-refractivity contribution in [2.45, 2.75) is 0 Å². The molecule has 18 heavy (non-hydrogen) atoms. The SMILES string of the molecule is C=CCN(CC=C)CC(=NO)c1ccccc1F. The molecular formula is C14H17FN2O. The molecule has 0 saturated carbocycles. The number of nitrogens with zero attached hydrogens (tertiary/aromatic N) is 2. The molecule has 0 atom stereocenters. The second-order valence-corrected chi connectivity index (χ2v) is 3.80. The maximum absolute atomic E-state index is 13.6.